The zero-order chi connectivity index (χ0) is 10.6. The van der Waals surface area contributed by atoms with E-state index in [4.69, 9.17) is 30.6 Å². The van der Waals surface area contributed by atoms with Gasteiger partial charge in [0.2, 0.25) is 0 Å². The summed E-state index contributed by atoms with van der Waals surface area (Å²) in [4.78, 5) is 9.97. The van der Waals surface area contributed by atoms with Gasteiger partial charge in [0.1, 0.15) is 18.3 Å². The minimum atomic E-state index is -3.14. The lowest BCUT2D eigenvalue weighted by Gasteiger charge is -2.27. The Labute approximate surface area is 73.5 Å². The van der Waals surface area contributed by atoms with E-state index in [1.165, 1.54) is 0 Å². The van der Waals surface area contributed by atoms with Gasteiger partial charge in [0, 0.05) is 0 Å². The number of carbonyl (C=O) groups excluding carboxylic acids is 1. The summed E-state index contributed by atoms with van der Waals surface area (Å²) in [5.41, 5.74) is 0. The van der Waals surface area contributed by atoms with Crippen LogP contribution in [-0.4, -0.2) is 67.6 Å². The Kier molecular flexibility index (Phi) is 4.40. The summed E-state index contributed by atoms with van der Waals surface area (Å²) >= 11 is 0. The molecule has 0 aliphatic carbocycles. The molecule has 0 aliphatic heterocycles. The average molecular weight is 196 g/mol. The molecular weight excluding hydrogens is 184 g/mol. The van der Waals surface area contributed by atoms with Crippen molar-refractivity contribution in [2.75, 3.05) is 6.61 Å². The van der Waals surface area contributed by atoms with Crippen molar-refractivity contribution >= 4 is 6.29 Å². The van der Waals surface area contributed by atoms with Gasteiger partial charge >= 0.3 is 0 Å². The predicted octanol–water partition coefficient (Wildman–Crippen LogP) is -4.06. The second kappa shape index (κ2) is 4.61. The van der Waals surface area contributed by atoms with Gasteiger partial charge in [0.15, 0.2) is 6.29 Å². The molecule has 0 saturated carbocycles. The summed E-state index contributed by atoms with van der Waals surface area (Å²) < 4.78 is 0. The van der Waals surface area contributed by atoms with Crippen LogP contribution < -0.4 is 0 Å². The normalized spacial score (nSPS) is 19.2. The van der Waals surface area contributed by atoms with Gasteiger partial charge in [-0.05, 0) is 0 Å². The lowest BCUT2D eigenvalue weighted by Crippen LogP contribution is -2.54. The van der Waals surface area contributed by atoms with Crippen molar-refractivity contribution in [3.63, 3.8) is 0 Å². The van der Waals surface area contributed by atoms with E-state index in [1.807, 2.05) is 0 Å². The highest BCUT2D eigenvalue weighted by Crippen LogP contribution is 2.10. The van der Waals surface area contributed by atoms with E-state index < -0.39 is 37.0 Å². The molecule has 0 bridgehead atoms. The standard InChI is InChI=1S/C6H12O7/c7-1-3(9)4(10)5(11)6(12,13)2-8/h2-5,7,9-13H,1H2/t3-,4+,5-/m1/s1. The average Bonchev–Trinajstić information content (AvgIpc) is 2.14. The van der Waals surface area contributed by atoms with Gasteiger partial charge in [-0.3, -0.25) is 4.79 Å². The van der Waals surface area contributed by atoms with Crippen LogP contribution >= 0.6 is 0 Å². The highest BCUT2D eigenvalue weighted by atomic mass is 16.5. The summed E-state index contributed by atoms with van der Waals surface area (Å²) in [7, 11) is 0. The van der Waals surface area contributed by atoms with Crippen molar-refractivity contribution in [1.29, 1.82) is 0 Å². The SMILES string of the molecule is O=CC(O)(O)[C@H](O)[C@@H](O)[C@H](O)CO. The summed E-state index contributed by atoms with van der Waals surface area (Å²) in [6.07, 6.45) is -6.46. The molecule has 13 heavy (non-hydrogen) atoms. The van der Waals surface area contributed by atoms with E-state index in [9.17, 15) is 4.79 Å². The summed E-state index contributed by atoms with van der Waals surface area (Å²) in [5.74, 6) is -3.14. The molecule has 0 amide bonds. The Morgan fingerprint density at radius 2 is 1.69 bits per heavy atom. The lowest BCUT2D eigenvalue weighted by molar-refractivity contribution is -0.237. The third kappa shape index (κ3) is 2.99. The van der Waals surface area contributed by atoms with Crippen LogP contribution in [0, 0.1) is 0 Å². The number of hydrogen-bond donors (Lipinski definition) is 6. The first-order valence-corrected chi connectivity index (χ1v) is 3.43. The Hall–Kier alpha value is -0.570. The van der Waals surface area contributed by atoms with Gasteiger partial charge < -0.3 is 30.6 Å². The highest BCUT2D eigenvalue weighted by Gasteiger charge is 2.40. The molecule has 0 rings (SSSR count). The Morgan fingerprint density at radius 1 is 1.23 bits per heavy atom. The first kappa shape index (κ1) is 12.4. The zero-order valence-corrected chi connectivity index (χ0v) is 6.61. The minimum Gasteiger partial charge on any atom is -0.394 e. The van der Waals surface area contributed by atoms with E-state index in [0.717, 1.165) is 0 Å². The fourth-order valence-electron chi connectivity index (χ4n) is 0.639. The smallest absolute Gasteiger partial charge is 0.250 e. The van der Waals surface area contributed by atoms with Crippen molar-refractivity contribution < 1.29 is 35.4 Å². The monoisotopic (exact) mass is 196 g/mol. The third-order valence-corrected chi connectivity index (χ3v) is 1.51. The maximum Gasteiger partial charge on any atom is 0.250 e. The molecular formula is C6H12O7. The van der Waals surface area contributed by atoms with E-state index in [-0.39, 0.29) is 0 Å². The molecule has 7 heteroatoms. The first-order chi connectivity index (χ1) is 5.86. The van der Waals surface area contributed by atoms with Gasteiger partial charge in [-0.2, -0.15) is 0 Å². The fourth-order valence-corrected chi connectivity index (χ4v) is 0.639. The van der Waals surface area contributed by atoms with E-state index in [2.05, 4.69) is 0 Å². The fraction of sp³-hybridized carbons (Fsp3) is 0.833. The number of hydrogen-bond acceptors (Lipinski definition) is 7. The number of carbonyl (C=O) groups is 1. The molecule has 0 aromatic heterocycles. The molecule has 0 unspecified atom stereocenters. The molecule has 0 heterocycles. The molecule has 7 nitrogen and oxygen atoms in total. The third-order valence-electron chi connectivity index (χ3n) is 1.51. The second-order valence-corrected chi connectivity index (χ2v) is 2.59. The molecule has 3 atom stereocenters. The summed E-state index contributed by atoms with van der Waals surface area (Å²) in [6, 6.07) is 0. The number of aliphatic hydroxyl groups is 6. The molecule has 0 fully saturated rings. The molecule has 78 valence electrons. The van der Waals surface area contributed by atoms with Crippen molar-refractivity contribution in [3.05, 3.63) is 0 Å². The number of aliphatic hydroxyl groups excluding tert-OH is 4. The van der Waals surface area contributed by atoms with Gasteiger partial charge in [-0.25, -0.2) is 0 Å². The lowest BCUT2D eigenvalue weighted by atomic mass is 10.0. The van der Waals surface area contributed by atoms with Gasteiger partial charge in [0.25, 0.3) is 5.79 Å². The van der Waals surface area contributed by atoms with E-state index >= 15 is 0 Å². The van der Waals surface area contributed by atoms with Crippen LogP contribution in [0.5, 0.6) is 0 Å². The van der Waals surface area contributed by atoms with Crippen molar-refractivity contribution in [2.45, 2.75) is 24.1 Å². The molecule has 0 spiro atoms. The minimum absolute atomic E-state index is 0.398. The largest absolute Gasteiger partial charge is 0.394 e. The van der Waals surface area contributed by atoms with Gasteiger partial charge in [-0.1, -0.05) is 0 Å². The van der Waals surface area contributed by atoms with Crippen LogP contribution in [0.25, 0.3) is 0 Å². The molecule has 0 aromatic rings. The van der Waals surface area contributed by atoms with Crippen LogP contribution in [0.1, 0.15) is 0 Å². The molecule has 0 saturated heterocycles. The molecule has 6 N–H and O–H groups in total. The Bertz CT molecular complexity index is 168. The van der Waals surface area contributed by atoms with Gasteiger partial charge in [0.05, 0.1) is 6.61 Å². The number of aldehydes is 1. The predicted molar refractivity (Wildman–Crippen MR) is 38.3 cm³/mol. The summed E-state index contributed by atoms with van der Waals surface area (Å²) in [5, 5.41) is 52.3. The van der Waals surface area contributed by atoms with Crippen LogP contribution in [0.4, 0.5) is 0 Å². The van der Waals surface area contributed by atoms with E-state index in [1.54, 1.807) is 0 Å². The zero-order valence-electron chi connectivity index (χ0n) is 6.61. The molecule has 0 aromatic carbocycles. The number of rotatable bonds is 5. The second-order valence-electron chi connectivity index (χ2n) is 2.59. The van der Waals surface area contributed by atoms with Crippen LogP contribution in [0.15, 0.2) is 0 Å². The highest BCUT2D eigenvalue weighted by molar-refractivity contribution is 5.60. The van der Waals surface area contributed by atoms with Crippen molar-refractivity contribution in [1.82, 2.24) is 0 Å². The van der Waals surface area contributed by atoms with Crippen molar-refractivity contribution in [3.8, 4) is 0 Å². The quantitative estimate of drug-likeness (QED) is 0.194. The van der Waals surface area contributed by atoms with E-state index in [0.29, 0.717) is 0 Å². The first-order valence-electron chi connectivity index (χ1n) is 3.43. The van der Waals surface area contributed by atoms with Crippen LogP contribution in [0.2, 0.25) is 0 Å². The summed E-state index contributed by atoms with van der Waals surface area (Å²) in [6.45, 7) is -0.882. The maximum absolute atomic E-state index is 9.97. The Balaban J connectivity index is 4.40. The molecule has 0 radical (unpaired) electrons. The maximum atomic E-state index is 9.97. The van der Waals surface area contributed by atoms with Crippen LogP contribution in [0.3, 0.4) is 0 Å². The van der Waals surface area contributed by atoms with Crippen LogP contribution in [-0.2, 0) is 4.79 Å². The van der Waals surface area contributed by atoms with Crippen molar-refractivity contribution in [2.24, 2.45) is 0 Å². The molecule has 0 aliphatic rings. The topological polar surface area (TPSA) is 138 Å². The Morgan fingerprint density at radius 3 is 2.00 bits per heavy atom. The van der Waals surface area contributed by atoms with Gasteiger partial charge in [-0.15, -0.1) is 0 Å².